The van der Waals surface area contributed by atoms with E-state index >= 15 is 0 Å². The molecule has 0 atom stereocenters. The zero-order valence-electron chi connectivity index (χ0n) is 12.8. The van der Waals surface area contributed by atoms with E-state index in [0.29, 0.717) is 31.3 Å². The maximum Gasteiger partial charge on any atom is 0.246 e. The summed E-state index contributed by atoms with van der Waals surface area (Å²) in [7, 11) is 1.50. The van der Waals surface area contributed by atoms with Gasteiger partial charge in [-0.3, -0.25) is 9.59 Å². The maximum absolute atomic E-state index is 12.1. The third kappa shape index (κ3) is 5.04. The highest BCUT2D eigenvalue weighted by Crippen LogP contribution is 2.17. The summed E-state index contributed by atoms with van der Waals surface area (Å²) < 4.78 is 9.92. The van der Waals surface area contributed by atoms with Crippen molar-refractivity contribution in [3.63, 3.8) is 0 Å². The lowest BCUT2D eigenvalue weighted by Crippen LogP contribution is -2.41. The molecule has 0 radical (unpaired) electrons. The van der Waals surface area contributed by atoms with E-state index in [1.807, 2.05) is 4.90 Å². The van der Waals surface area contributed by atoms with Gasteiger partial charge in [0.05, 0.1) is 6.26 Å². The molecule has 0 aliphatic carbocycles. The number of furan rings is 1. The minimum Gasteiger partial charge on any atom is -0.465 e. The number of hydrogen-bond donors (Lipinski definition) is 1. The first-order valence-electron chi connectivity index (χ1n) is 7.45. The Kier molecular flexibility index (Phi) is 6.21. The molecule has 2 rings (SSSR count). The Labute approximate surface area is 130 Å². The number of carbonyl (C=O) groups excluding carboxylic acids is 2. The van der Waals surface area contributed by atoms with Gasteiger partial charge in [-0.2, -0.15) is 0 Å². The highest BCUT2D eigenvalue weighted by molar-refractivity contribution is 5.91. The first-order chi connectivity index (χ1) is 10.7. The van der Waals surface area contributed by atoms with Crippen LogP contribution in [0.2, 0.25) is 0 Å². The Morgan fingerprint density at radius 1 is 1.45 bits per heavy atom. The molecule has 0 unspecified atom stereocenters. The smallest absolute Gasteiger partial charge is 0.246 e. The monoisotopic (exact) mass is 306 g/mol. The van der Waals surface area contributed by atoms with Crippen molar-refractivity contribution in [1.82, 2.24) is 10.2 Å². The van der Waals surface area contributed by atoms with Gasteiger partial charge < -0.3 is 19.4 Å². The fraction of sp³-hybridized carbons (Fsp3) is 0.500. The van der Waals surface area contributed by atoms with Crippen LogP contribution < -0.4 is 5.32 Å². The van der Waals surface area contributed by atoms with E-state index in [0.717, 1.165) is 12.8 Å². The van der Waals surface area contributed by atoms with Gasteiger partial charge in [0.15, 0.2) is 0 Å². The van der Waals surface area contributed by atoms with Crippen molar-refractivity contribution in [2.45, 2.75) is 12.8 Å². The minimum absolute atomic E-state index is 0.00160. The Morgan fingerprint density at radius 3 is 2.86 bits per heavy atom. The fourth-order valence-electron chi connectivity index (χ4n) is 2.44. The minimum atomic E-state index is -0.0950. The van der Waals surface area contributed by atoms with E-state index < -0.39 is 0 Å². The van der Waals surface area contributed by atoms with Gasteiger partial charge in [0.1, 0.15) is 12.4 Å². The van der Waals surface area contributed by atoms with Gasteiger partial charge in [0.25, 0.3) is 0 Å². The number of nitrogens with zero attached hydrogens (tertiary/aromatic N) is 1. The second-order valence-electron chi connectivity index (χ2n) is 5.35. The van der Waals surface area contributed by atoms with E-state index in [1.54, 1.807) is 30.5 Å². The average Bonchev–Trinajstić information content (AvgIpc) is 3.05. The first kappa shape index (κ1) is 16.3. The predicted molar refractivity (Wildman–Crippen MR) is 81.9 cm³/mol. The molecular formula is C16H22N2O4. The molecule has 1 aliphatic heterocycles. The van der Waals surface area contributed by atoms with Crippen LogP contribution in [0, 0.1) is 5.92 Å². The average molecular weight is 306 g/mol. The molecule has 1 aromatic rings. The molecule has 1 aromatic heterocycles. The van der Waals surface area contributed by atoms with Gasteiger partial charge in [-0.25, -0.2) is 0 Å². The van der Waals surface area contributed by atoms with Crippen LogP contribution in [0.3, 0.4) is 0 Å². The van der Waals surface area contributed by atoms with Crippen molar-refractivity contribution in [1.29, 1.82) is 0 Å². The number of likely N-dealkylation sites (tertiary alicyclic amines) is 1. The molecule has 22 heavy (non-hydrogen) atoms. The Morgan fingerprint density at radius 2 is 2.23 bits per heavy atom. The predicted octanol–water partition coefficient (Wildman–Crippen LogP) is 1.29. The lowest BCUT2D eigenvalue weighted by atomic mass is 9.96. The van der Waals surface area contributed by atoms with Crippen LogP contribution in [0.25, 0.3) is 6.08 Å². The van der Waals surface area contributed by atoms with Crippen LogP contribution in [0.1, 0.15) is 18.6 Å². The number of carbonyl (C=O) groups is 2. The third-order valence-corrected chi connectivity index (χ3v) is 3.72. The molecule has 2 heterocycles. The van der Waals surface area contributed by atoms with Crippen LogP contribution in [0.5, 0.6) is 0 Å². The maximum atomic E-state index is 12.1. The SMILES string of the molecule is COCC(=O)NCC1CCN(C(=O)/C=C/c2ccco2)CC1. The molecule has 2 amide bonds. The number of methoxy groups -OCH3 is 1. The quantitative estimate of drug-likeness (QED) is 0.804. The Balaban J connectivity index is 1.70. The third-order valence-electron chi connectivity index (χ3n) is 3.72. The van der Waals surface area contributed by atoms with Gasteiger partial charge >= 0.3 is 0 Å². The summed E-state index contributed by atoms with van der Waals surface area (Å²) in [5, 5.41) is 2.85. The molecule has 6 nitrogen and oxygen atoms in total. The zero-order valence-corrected chi connectivity index (χ0v) is 12.8. The van der Waals surface area contributed by atoms with Gasteiger partial charge in [0, 0.05) is 32.8 Å². The van der Waals surface area contributed by atoms with Gasteiger partial charge in [-0.1, -0.05) is 0 Å². The first-order valence-corrected chi connectivity index (χ1v) is 7.45. The van der Waals surface area contributed by atoms with Crippen LogP contribution in [0.15, 0.2) is 28.9 Å². The largest absolute Gasteiger partial charge is 0.465 e. The van der Waals surface area contributed by atoms with E-state index in [4.69, 9.17) is 9.15 Å². The highest BCUT2D eigenvalue weighted by Gasteiger charge is 2.21. The zero-order chi connectivity index (χ0) is 15.8. The molecule has 1 N–H and O–H groups in total. The van der Waals surface area contributed by atoms with E-state index in [-0.39, 0.29) is 18.4 Å². The fourth-order valence-corrected chi connectivity index (χ4v) is 2.44. The summed E-state index contributed by atoms with van der Waals surface area (Å²) in [6, 6.07) is 3.59. The van der Waals surface area contributed by atoms with Crippen LogP contribution >= 0.6 is 0 Å². The van der Waals surface area contributed by atoms with Gasteiger partial charge in [0.2, 0.25) is 11.8 Å². The summed E-state index contributed by atoms with van der Waals surface area (Å²) in [6.07, 6.45) is 6.59. The Bertz CT molecular complexity index is 502. The molecule has 6 heteroatoms. The van der Waals surface area contributed by atoms with Crippen molar-refractivity contribution in [2.75, 3.05) is 33.4 Å². The molecule has 0 spiro atoms. The number of nitrogens with one attached hydrogen (secondary N) is 1. The molecule has 0 aromatic carbocycles. The standard InChI is InChI=1S/C16H22N2O4/c1-21-12-15(19)17-11-13-6-8-18(9-7-13)16(20)5-4-14-3-2-10-22-14/h2-5,10,13H,6-9,11-12H2,1H3,(H,17,19)/b5-4+. The number of ether oxygens (including phenoxy) is 1. The van der Waals surface area contributed by atoms with Crippen molar-refractivity contribution >= 4 is 17.9 Å². The number of amides is 2. The summed E-state index contributed by atoms with van der Waals surface area (Å²) in [5.74, 6) is 0.989. The molecule has 1 aliphatic rings. The van der Waals surface area contributed by atoms with Gasteiger partial charge in [-0.15, -0.1) is 0 Å². The van der Waals surface area contributed by atoms with Crippen molar-refractivity contribution in [2.24, 2.45) is 5.92 Å². The molecule has 0 saturated carbocycles. The second-order valence-corrected chi connectivity index (χ2v) is 5.35. The Hall–Kier alpha value is -2.08. The van der Waals surface area contributed by atoms with Crippen molar-refractivity contribution in [3.8, 4) is 0 Å². The van der Waals surface area contributed by atoms with Crippen LogP contribution in [-0.4, -0.2) is 50.1 Å². The van der Waals surface area contributed by atoms with Gasteiger partial charge in [-0.05, 0) is 37.0 Å². The number of piperidine rings is 1. The molecular weight excluding hydrogens is 284 g/mol. The van der Waals surface area contributed by atoms with E-state index in [2.05, 4.69) is 5.32 Å². The normalized spacial score (nSPS) is 16.1. The summed E-state index contributed by atoms with van der Waals surface area (Å²) >= 11 is 0. The van der Waals surface area contributed by atoms with Crippen LogP contribution in [-0.2, 0) is 14.3 Å². The number of rotatable bonds is 6. The molecule has 0 bridgehead atoms. The van der Waals surface area contributed by atoms with Crippen molar-refractivity contribution in [3.05, 3.63) is 30.2 Å². The lowest BCUT2D eigenvalue weighted by molar-refractivity contribution is -0.128. The molecule has 1 saturated heterocycles. The van der Waals surface area contributed by atoms with E-state index in [1.165, 1.54) is 7.11 Å². The highest BCUT2D eigenvalue weighted by atomic mass is 16.5. The molecule has 120 valence electrons. The van der Waals surface area contributed by atoms with Crippen molar-refractivity contribution < 1.29 is 18.7 Å². The van der Waals surface area contributed by atoms with Crippen LogP contribution in [0.4, 0.5) is 0 Å². The summed E-state index contributed by atoms with van der Waals surface area (Å²) in [4.78, 5) is 25.2. The lowest BCUT2D eigenvalue weighted by Gasteiger charge is -2.31. The topological polar surface area (TPSA) is 71.8 Å². The number of hydrogen-bond acceptors (Lipinski definition) is 4. The molecule has 1 fully saturated rings. The summed E-state index contributed by atoms with van der Waals surface area (Å²) in [6.45, 7) is 2.17. The second kappa shape index (κ2) is 8.38. The van der Waals surface area contributed by atoms with E-state index in [9.17, 15) is 9.59 Å². The summed E-state index contributed by atoms with van der Waals surface area (Å²) in [5.41, 5.74) is 0.